The molecule has 1 atom stereocenters. The number of likely N-dealkylation sites (N-methyl/N-ethyl adjacent to an activating group) is 1. The summed E-state index contributed by atoms with van der Waals surface area (Å²) in [7, 11) is 3.15. The molecule has 4 rings (SSSR count). The van der Waals surface area contributed by atoms with Gasteiger partial charge in [-0.3, -0.25) is 4.79 Å². The molecule has 1 aliphatic rings. The van der Waals surface area contributed by atoms with Crippen molar-refractivity contribution >= 4 is 34.4 Å². The summed E-state index contributed by atoms with van der Waals surface area (Å²) in [5, 5.41) is 4.59. The molecule has 1 saturated heterocycles. The van der Waals surface area contributed by atoms with Gasteiger partial charge >= 0.3 is 6.03 Å². The zero-order valence-corrected chi connectivity index (χ0v) is 20.0. The Labute approximate surface area is 202 Å². The predicted octanol–water partition coefficient (Wildman–Crippen LogP) is 4.34. The SMILES string of the molecule is COc1ccc(CC(=O)N2CCC[C@@H](N(C)C(=O)NCc3cc4cc(Cl)ccc4[nH]3)C2)cc1F. The maximum atomic E-state index is 14.0. The van der Waals surface area contributed by atoms with E-state index in [4.69, 9.17) is 16.3 Å². The third-order valence-electron chi connectivity index (χ3n) is 6.26. The quantitative estimate of drug-likeness (QED) is 0.544. The Morgan fingerprint density at radius 1 is 1.26 bits per heavy atom. The van der Waals surface area contributed by atoms with Gasteiger partial charge < -0.3 is 24.8 Å². The lowest BCUT2D eigenvalue weighted by Gasteiger charge is -2.37. The van der Waals surface area contributed by atoms with E-state index in [1.165, 1.54) is 19.2 Å². The van der Waals surface area contributed by atoms with Crippen molar-refractivity contribution < 1.29 is 18.7 Å². The van der Waals surface area contributed by atoms with Crippen LogP contribution in [0.3, 0.4) is 0 Å². The number of carbonyl (C=O) groups is 2. The molecule has 1 aromatic heterocycles. The number of ether oxygens (including phenoxy) is 1. The van der Waals surface area contributed by atoms with Crippen LogP contribution in [0, 0.1) is 5.82 Å². The first kappa shape index (κ1) is 23.9. The molecule has 0 unspecified atom stereocenters. The molecule has 2 N–H and O–H groups in total. The summed E-state index contributed by atoms with van der Waals surface area (Å²) in [6.07, 6.45) is 1.72. The standard InChI is InChI=1S/C25H28ClFN4O3/c1-30(25(33)28-14-19-13-17-12-18(26)6-7-22(17)29-19)20-4-3-9-31(15-20)24(32)11-16-5-8-23(34-2)21(27)10-16/h5-8,10,12-13,20,29H,3-4,9,11,14-15H2,1-2H3,(H,28,33)/t20-/m1/s1. The van der Waals surface area contributed by atoms with E-state index in [0.717, 1.165) is 29.4 Å². The number of nitrogens with zero attached hydrogens (tertiary/aromatic N) is 2. The van der Waals surface area contributed by atoms with E-state index < -0.39 is 5.82 Å². The van der Waals surface area contributed by atoms with Gasteiger partial charge in [0, 0.05) is 41.8 Å². The fourth-order valence-electron chi connectivity index (χ4n) is 4.32. The first-order valence-corrected chi connectivity index (χ1v) is 11.6. The third-order valence-corrected chi connectivity index (χ3v) is 6.49. The monoisotopic (exact) mass is 486 g/mol. The molecule has 0 spiro atoms. The number of amides is 3. The molecule has 3 amide bonds. The topological polar surface area (TPSA) is 77.7 Å². The van der Waals surface area contributed by atoms with Crippen LogP contribution in [0.4, 0.5) is 9.18 Å². The van der Waals surface area contributed by atoms with Crippen LogP contribution in [-0.4, -0.2) is 60.0 Å². The molecule has 34 heavy (non-hydrogen) atoms. The molecule has 9 heteroatoms. The van der Waals surface area contributed by atoms with Gasteiger partial charge in [0.2, 0.25) is 5.91 Å². The Kier molecular flexibility index (Phi) is 7.26. The first-order chi connectivity index (χ1) is 16.3. The van der Waals surface area contributed by atoms with Gasteiger partial charge in [-0.1, -0.05) is 17.7 Å². The summed E-state index contributed by atoms with van der Waals surface area (Å²) in [5.41, 5.74) is 2.43. The highest BCUT2D eigenvalue weighted by Crippen LogP contribution is 2.21. The predicted molar refractivity (Wildman–Crippen MR) is 130 cm³/mol. The lowest BCUT2D eigenvalue weighted by atomic mass is 10.0. The Hall–Kier alpha value is -3.26. The zero-order valence-electron chi connectivity index (χ0n) is 19.2. The van der Waals surface area contributed by atoms with E-state index in [1.807, 2.05) is 24.3 Å². The van der Waals surface area contributed by atoms with Crippen LogP contribution < -0.4 is 10.1 Å². The van der Waals surface area contributed by atoms with E-state index >= 15 is 0 Å². The van der Waals surface area contributed by atoms with Crippen molar-refractivity contribution in [2.45, 2.75) is 31.8 Å². The second kappa shape index (κ2) is 10.3. The van der Waals surface area contributed by atoms with Gasteiger partial charge in [0.15, 0.2) is 11.6 Å². The van der Waals surface area contributed by atoms with Crippen molar-refractivity contribution in [2.24, 2.45) is 0 Å². The van der Waals surface area contributed by atoms with Gasteiger partial charge in [-0.2, -0.15) is 0 Å². The highest BCUT2D eigenvalue weighted by atomic mass is 35.5. The van der Waals surface area contributed by atoms with Crippen molar-refractivity contribution in [3.63, 3.8) is 0 Å². The lowest BCUT2D eigenvalue weighted by molar-refractivity contribution is -0.132. The minimum atomic E-state index is -0.487. The minimum absolute atomic E-state index is 0.0835. The number of hydrogen-bond donors (Lipinski definition) is 2. The Morgan fingerprint density at radius 2 is 2.09 bits per heavy atom. The number of carbonyl (C=O) groups excluding carboxylic acids is 2. The summed E-state index contributed by atoms with van der Waals surface area (Å²) < 4.78 is 18.9. The molecule has 2 aromatic carbocycles. The highest BCUT2D eigenvalue weighted by molar-refractivity contribution is 6.31. The number of aromatic nitrogens is 1. The van der Waals surface area contributed by atoms with Crippen LogP contribution in [0.5, 0.6) is 5.75 Å². The molecule has 0 radical (unpaired) electrons. The first-order valence-electron chi connectivity index (χ1n) is 11.2. The number of fused-ring (bicyclic) bond motifs is 1. The molecular weight excluding hydrogens is 459 g/mol. The number of hydrogen-bond acceptors (Lipinski definition) is 3. The number of rotatable bonds is 6. The number of benzene rings is 2. The number of nitrogens with one attached hydrogen (secondary N) is 2. The Bertz CT molecular complexity index is 1200. The molecule has 7 nitrogen and oxygen atoms in total. The number of likely N-dealkylation sites (tertiary alicyclic amines) is 1. The van der Waals surface area contributed by atoms with Gasteiger partial charge in [0.05, 0.1) is 26.1 Å². The summed E-state index contributed by atoms with van der Waals surface area (Å²) in [6.45, 7) is 1.43. The number of methoxy groups -OCH3 is 1. The van der Waals surface area contributed by atoms with E-state index in [1.54, 1.807) is 22.9 Å². The van der Waals surface area contributed by atoms with E-state index in [0.29, 0.717) is 30.2 Å². The van der Waals surface area contributed by atoms with Gasteiger partial charge in [0.1, 0.15) is 0 Å². The van der Waals surface area contributed by atoms with Crippen molar-refractivity contribution in [2.75, 3.05) is 27.2 Å². The van der Waals surface area contributed by atoms with E-state index in [2.05, 4.69) is 10.3 Å². The molecular formula is C25H28ClFN4O3. The highest BCUT2D eigenvalue weighted by Gasteiger charge is 2.28. The van der Waals surface area contributed by atoms with Crippen molar-refractivity contribution in [3.8, 4) is 5.75 Å². The maximum Gasteiger partial charge on any atom is 0.317 e. The van der Waals surface area contributed by atoms with Crippen LogP contribution in [0.15, 0.2) is 42.5 Å². The zero-order chi connectivity index (χ0) is 24.2. The third kappa shape index (κ3) is 5.44. The molecule has 1 fully saturated rings. The molecule has 1 aliphatic heterocycles. The van der Waals surface area contributed by atoms with Crippen molar-refractivity contribution in [3.05, 3.63) is 64.6 Å². The van der Waals surface area contributed by atoms with E-state index in [9.17, 15) is 14.0 Å². The molecule has 2 heterocycles. The fourth-order valence-corrected chi connectivity index (χ4v) is 4.50. The van der Waals surface area contributed by atoms with Crippen LogP contribution in [0.2, 0.25) is 5.02 Å². The summed E-state index contributed by atoms with van der Waals surface area (Å²) in [4.78, 5) is 32.3. The number of H-pyrrole nitrogens is 1. The minimum Gasteiger partial charge on any atom is -0.494 e. The van der Waals surface area contributed by atoms with Crippen molar-refractivity contribution in [1.82, 2.24) is 20.1 Å². The molecule has 0 saturated carbocycles. The largest absolute Gasteiger partial charge is 0.494 e. The Balaban J connectivity index is 1.31. The number of halogens is 2. The Morgan fingerprint density at radius 3 is 2.85 bits per heavy atom. The second-order valence-electron chi connectivity index (χ2n) is 8.58. The molecule has 3 aromatic rings. The number of aromatic amines is 1. The van der Waals surface area contributed by atoms with Gasteiger partial charge in [-0.15, -0.1) is 0 Å². The lowest BCUT2D eigenvalue weighted by Crippen LogP contribution is -2.52. The maximum absolute atomic E-state index is 14.0. The van der Waals surface area contributed by atoms with Crippen LogP contribution >= 0.6 is 11.6 Å². The van der Waals surface area contributed by atoms with Crippen molar-refractivity contribution in [1.29, 1.82) is 0 Å². The summed E-state index contributed by atoms with van der Waals surface area (Å²) >= 11 is 6.04. The normalized spacial score (nSPS) is 15.9. The average Bonchev–Trinajstić information content (AvgIpc) is 3.24. The van der Waals surface area contributed by atoms with Crippen LogP contribution in [0.1, 0.15) is 24.1 Å². The van der Waals surface area contributed by atoms with Crippen LogP contribution in [-0.2, 0) is 17.8 Å². The van der Waals surface area contributed by atoms with Gasteiger partial charge in [-0.05, 0) is 54.8 Å². The second-order valence-corrected chi connectivity index (χ2v) is 9.01. The molecule has 0 bridgehead atoms. The van der Waals surface area contributed by atoms with Gasteiger partial charge in [-0.25, -0.2) is 9.18 Å². The molecule has 180 valence electrons. The van der Waals surface area contributed by atoms with Crippen LogP contribution in [0.25, 0.3) is 10.9 Å². The smallest absolute Gasteiger partial charge is 0.317 e. The van der Waals surface area contributed by atoms with E-state index in [-0.39, 0.29) is 30.2 Å². The fraction of sp³-hybridized carbons (Fsp3) is 0.360. The summed E-state index contributed by atoms with van der Waals surface area (Å²) in [6, 6.07) is 11.8. The number of urea groups is 1. The number of piperidine rings is 1. The average molecular weight is 487 g/mol. The summed E-state index contributed by atoms with van der Waals surface area (Å²) in [5.74, 6) is -0.420. The molecule has 0 aliphatic carbocycles. The van der Waals surface area contributed by atoms with Gasteiger partial charge in [0.25, 0.3) is 0 Å².